The predicted octanol–water partition coefficient (Wildman–Crippen LogP) is 1.83. The number of hydrogen-bond acceptors (Lipinski definition) is 7. The third-order valence-corrected chi connectivity index (χ3v) is 6.48. The van der Waals surface area contributed by atoms with Crippen LogP contribution in [0.4, 0.5) is 5.82 Å². The van der Waals surface area contributed by atoms with E-state index in [-0.39, 0.29) is 0 Å². The summed E-state index contributed by atoms with van der Waals surface area (Å²) in [6, 6.07) is 6.21. The summed E-state index contributed by atoms with van der Waals surface area (Å²) < 4.78 is 1.91. The Morgan fingerprint density at radius 1 is 1.20 bits per heavy atom. The number of pyridine rings is 1. The SMILES string of the molecule is Bc1cnn2c(NCc3cccnc3)cc(C3CCN(Cc4nccs4)CC3)nc12. The molecule has 4 aromatic rings. The molecular weight excluding hydrogens is 393 g/mol. The second kappa shape index (κ2) is 8.53. The summed E-state index contributed by atoms with van der Waals surface area (Å²) in [6.45, 7) is 3.82. The summed E-state index contributed by atoms with van der Waals surface area (Å²) in [5.41, 5.74) is 4.34. The Balaban J connectivity index is 1.33. The third kappa shape index (κ3) is 4.08. The predicted molar refractivity (Wildman–Crippen MR) is 122 cm³/mol. The van der Waals surface area contributed by atoms with Gasteiger partial charge in [0.05, 0.1) is 6.54 Å². The zero-order valence-electron chi connectivity index (χ0n) is 17.0. The molecule has 5 rings (SSSR count). The van der Waals surface area contributed by atoms with Crippen LogP contribution in [0.2, 0.25) is 0 Å². The first-order valence-electron chi connectivity index (χ1n) is 10.3. The average molecular weight is 417 g/mol. The normalized spacial score (nSPS) is 15.6. The van der Waals surface area contributed by atoms with Crippen LogP contribution in [-0.4, -0.2) is 50.4 Å². The molecule has 0 aliphatic carbocycles. The Hall–Kier alpha value is -2.78. The number of nitrogens with zero attached hydrogens (tertiary/aromatic N) is 6. The van der Waals surface area contributed by atoms with Crippen LogP contribution >= 0.6 is 11.3 Å². The van der Waals surface area contributed by atoms with E-state index in [1.807, 2.05) is 29.2 Å². The first-order chi connectivity index (χ1) is 14.8. The maximum Gasteiger partial charge on any atom is 0.151 e. The second-order valence-corrected chi connectivity index (χ2v) is 8.80. The first kappa shape index (κ1) is 19.2. The Labute approximate surface area is 180 Å². The zero-order chi connectivity index (χ0) is 20.3. The van der Waals surface area contributed by atoms with Gasteiger partial charge in [-0.1, -0.05) is 6.07 Å². The van der Waals surface area contributed by atoms with Crippen molar-refractivity contribution < 1.29 is 0 Å². The molecule has 0 bridgehead atoms. The Kier molecular flexibility index (Phi) is 5.46. The number of aromatic nitrogens is 5. The smallest absolute Gasteiger partial charge is 0.151 e. The van der Waals surface area contributed by atoms with Gasteiger partial charge in [-0.3, -0.25) is 9.88 Å². The van der Waals surface area contributed by atoms with Gasteiger partial charge in [-0.05, 0) is 43.0 Å². The van der Waals surface area contributed by atoms with Gasteiger partial charge in [0.1, 0.15) is 18.7 Å². The van der Waals surface area contributed by atoms with E-state index >= 15 is 0 Å². The van der Waals surface area contributed by atoms with Crippen LogP contribution in [0.15, 0.2) is 48.4 Å². The molecule has 4 aromatic heterocycles. The minimum Gasteiger partial charge on any atom is -0.366 e. The van der Waals surface area contributed by atoms with Crippen molar-refractivity contribution in [3.05, 3.63) is 64.6 Å². The van der Waals surface area contributed by atoms with Crippen LogP contribution < -0.4 is 10.8 Å². The third-order valence-electron chi connectivity index (χ3n) is 5.71. The lowest BCUT2D eigenvalue weighted by Crippen LogP contribution is -2.32. The van der Waals surface area contributed by atoms with Gasteiger partial charge >= 0.3 is 0 Å². The van der Waals surface area contributed by atoms with Gasteiger partial charge in [-0.25, -0.2) is 9.97 Å². The number of hydrogen-bond donors (Lipinski definition) is 1. The van der Waals surface area contributed by atoms with Gasteiger partial charge in [0.2, 0.25) is 0 Å². The van der Waals surface area contributed by atoms with Gasteiger partial charge in [0, 0.05) is 54.4 Å². The van der Waals surface area contributed by atoms with Crippen molar-refractivity contribution >= 4 is 36.1 Å². The van der Waals surface area contributed by atoms with E-state index in [9.17, 15) is 0 Å². The van der Waals surface area contributed by atoms with Crippen LogP contribution in [0.1, 0.15) is 35.0 Å². The van der Waals surface area contributed by atoms with E-state index in [1.54, 1.807) is 17.5 Å². The lowest BCUT2D eigenvalue weighted by atomic mass is 9.93. The summed E-state index contributed by atoms with van der Waals surface area (Å²) in [7, 11) is 2.07. The van der Waals surface area contributed by atoms with Crippen LogP contribution in [-0.2, 0) is 13.1 Å². The number of anilines is 1. The fraction of sp³-hybridized carbons (Fsp3) is 0.333. The largest absolute Gasteiger partial charge is 0.366 e. The van der Waals surface area contributed by atoms with Crippen molar-refractivity contribution in [1.82, 2.24) is 29.5 Å². The molecule has 152 valence electrons. The van der Waals surface area contributed by atoms with Crippen molar-refractivity contribution in [2.45, 2.75) is 31.8 Å². The summed E-state index contributed by atoms with van der Waals surface area (Å²) in [4.78, 5) is 16.1. The lowest BCUT2D eigenvalue weighted by molar-refractivity contribution is 0.203. The highest BCUT2D eigenvalue weighted by Crippen LogP contribution is 2.29. The molecule has 0 spiro atoms. The topological polar surface area (TPSA) is 71.2 Å². The number of rotatable bonds is 6. The van der Waals surface area contributed by atoms with E-state index in [0.29, 0.717) is 12.5 Å². The zero-order valence-corrected chi connectivity index (χ0v) is 17.8. The molecule has 0 unspecified atom stereocenters. The average Bonchev–Trinajstić information content (AvgIpc) is 3.43. The molecule has 5 heterocycles. The van der Waals surface area contributed by atoms with E-state index in [4.69, 9.17) is 4.98 Å². The Morgan fingerprint density at radius 2 is 2.10 bits per heavy atom. The highest BCUT2D eigenvalue weighted by atomic mass is 32.1. The minimum atomic E-state index is 0.468. The molecule has 9 heteroatoms. The number of nitrogens with one attached hydrogen (secondary N) is 1. The van der Waals surface area contributed by atoms with Crippen molar-refractivity contribution in [3.63, 3.8) is 0 Å². The van der Waals surface area contributed by atoms with Crippen molar-refractivity contribution in [3.8, 4) is 0 Å². The van der Waals surface area contributed by atoms with Crippen molar-refractivity contribution in [1.29, 1.82) is 0 Å². The number of fused-ring (bicyclic) bond motifs is 1. The van der Waals surface area contributed by atoms with Gasteiger partial charge < -0.3 is 5.32 Å². The maximum atomic E-state index is 4.99. The quantitative estimate of drug-likeness (QED) is 0.483. The second-order valence-electron chi connectivity index (χ2n) is 7.82. The van der Waals surface area contributed by atoms with Crippen molar-refractivity contribution in [2.24, 2.45) is 0 Å². The molecule has 30 heavy (non-hydrogen) atoms. The molecule has 1 aliphatic heterocycles. The molecule has 1 aliphatic rings. The summed E-state index contributed by atoms with van der Waals surface area (Å²) in [6.07, 6.45) is 9.69. The monoisotopic (exact) mass is 417 g/mol. The highest BCUT2D eigenvalue weighted by Gasteiger charge is 2.23. The van der Waals surface area contributed by atoms with Crippen LogP contribution in [0.25, 0.3) is 5.65 Å². The van der Waals surface area contributed by atoms with Crippen LogP contribution in [0, 0.1) is 0 Å². The fourth-order valence-corrected chi connectivity index (χ4v) is 4.69. The summed E-state index contributed by atoms with van der Waals surface area (Å²) in [5, 5.41) is 11.3. The Morgan fingerprint density at radius 3 is 2.87 bits per heavy atom. The maximum absolute atomic E-state index is 4.99. The van der Waals surface area contributed by atoms with E-state index in [0.717, 1.165) is 60.7 Å². The summed E-state index contributed by atoms with van der Waals surface area (Å²) >= 11 is 1.74. The molecule has 0 radical (unpaired) electrons. The Bertz CT molecular complexity index is 1110. The highest BCUT2D eigenvalue weighted by molar-refractivity contribution is 7.09. The molecule has 1 N–H and O–H groups in total. The molecule has 1 saturated heterocycles. The summed E-state index contributed by atoms with van der Waals surface area (Å²) in [5.74, 6) is 1.45. The van der Waals surface area contributed by atoms with E-state index in [2.05, 4.69) is 50.6 Å². The number of likely N-dealkylation sites (tertiary alicyclic amines) is 1. The standard InChI is InChI=1S/C21H24BN7S/c22-17-13-26-29-19(25-12-15-2-1-5-23-11-15)10-18(27-21(17)29)16-3-7-28(8-4-16)14-20-24-6-9-30-20/h1-2,5-6,9-11,13,16,25H,3-4,7-8,12,14,22H2. The molecule has 0 aromatic carbocycles. The minimum absolute atomic E-state index is 0.468. The molecule has 0 amide bonds. The molecule has 1 fully saturated rings. The molecular formula is C21H24BN7S. The first-order valence-corrected chi connectivity index (χ1v) is 11.2. The van der Waals surface area contributed by atoms with Crippen LogP contribution in [0.5, 0.6) is 0 Å². The van der Waals surface area contributed by atoms with Gasteiger partial charge in [-0.2, -0.15) is 9.61 Å². The van der Waals surface area contributed by atoms with E-state index in [1.165, 1.54) is 5.01 Å². The number of thiazole rings is 1. The molecule has 0 atom stereocenters. The van der Waals surface area contributed by atoms with E-state index < -0.39 is 0 Å². The van der Waals surface area contributed by atoms with Gasteiger partial charge in [0.25, 0.3) is 0 Å². The molecule has 0 saturated carbocycles. The van der Waals surface area contributed by atoms with Gasteiger partial charge in [-0.15, -0.1) is 11.3 Å². The molecule has 7 nitrogen and oxygen atoms in total. The number of piperidine rings is 1. The van der Waals surface area contributed by atoms with Gasteiger partial charge in [0.15, 0.2) is 5.65 Å². The lowest BCUT2D eigenvalue weighted by Gasteiger charge is -2.31. The van der Waals surface area contributed by atoms with Crippen LogP contribution in [0.3, 0.4) is 0 Å². The van der Waals surface area contributed by atoms with Crippen molar-refractivity contribution in [2.75, 3.05) is 18.4 Å². The fourth-order valence-electron chi connectivity index (χ4n) is 4.03.